The van der Waals surface area contributed by atoms with Crippen molar-refractivity contribution in [2.24, 2.45) is 5.41 Å². The van der Waals surface area contributed by atoms with Gasteiger partial charge < -0.3 is 15.7 Å². The highest BCUT2D eigenvalue weighted by molar-refractivity contribution is 5.86. The maximum atomic E-state index is 13.3. The number of alkyl halides is 6. The molecule has 1 aliphatic heterocycles. The van der Waals surface area contributed by atoms with Gasteiger partial charge in [-0.15, -0.1) is 0 Å². The van der Waals surface area contributed by atoms with Gasteiger partial charge in [0.05, 0.1) is 17.2 Å². The van der Waals surface area contributed by atoms with E-state index in [1.54, 1.807) is 0 Å². The molecule has 1 saturated carbocycles. The molecule has 1 aromatic heterocycles. The number of nitrogens with one attached hydrogen (secondary N) is 2. The predicted molar refractivity (Wildman–Crippen MR) is 97.7 cm³/mol. The van der Waals surface area contributed by atoms with Gasteiger partial charge >= 0.3 is 12.4 Å². The number of piperidine rings is 1. The van der Waals surface area contributed by atoms with Crippen molar-refractivity contribution in [1.29, 1.82) is 0 Å². The molecule has 0 spiro atoms. The number of hydrogen-bond acceptors (Lipinski definition) is 4. The minimum Gasteiger partial charge on any atom is -0.387 e. The number of fused-ring (bicyclic) bond motifs is 3. The second kappa shape index (κ2) is 7.35. The maximum absolute atomic E-state index is 13.3. The first kappa shape index (κ1) is 21.3. The van der Waals surface area contributed by atoms with Gasteiger partial charge in [-0.05, 0) is 42.4 Å². The van der Waals surface area contributed by atoms with Crippen molar-refractivity contribution in [2.75, 3.05) is 19.6 Å². The molecule has 30 heavy (non-hydrogen) atoms. The topological polar surface area (TPSA) is 57.2 Å². The number of rotatable bonds is 5. The summed E-state index contributed by atoms with van der Waals surface area (Å²) in [6, 6.07) is 4.15. The van der Waals surface area contributed by atoms with E-state index in [2.05, 4.69) is 15.6 Å². The van der Waals surface area contributed by atoms with Crippen molar-refractivity contribution in [3.05, 3.63) is 41.1 Å². The lowest BCUT2D eigenvalue weighted by Crippen LogP contribution is -2.38. The summed E-state index contributed by atoms with van der Waals surface area (Å²) in [5.74, 6) is 0. The van der Waals surface area contributed by atoms with E-state index >= 15 is 0 Å². The molecule has 1 aromatic carbocycles. The van der Waals surface area contributed by atoms with Gasteiger partial charge in [0.1, 0.15) is 5.69 Å². The van der Waals surface area contributed by atoms with Crippen molar-refractivity contribution >= 4 is 10.9 Å². The number of halogens is 6. The molecule has 10 heteroatoms. The fraction of sp³-hybridized carbons (Fsp3) is 0.550. The van der Waals surface area contributed by atoms with E-state index in [1.165, 1.54) is 6.07 Å². The van der Waals surface area contributed by atoms with E-state index in [-0.39, 0.29) is 22.9 Å². The molecular formula is C20H21F6N3O. The summed E-state index contributed by atoms with van der Waals surface area (Å²) in [5.41, 5.74) is -3.70. The van der Waals surface area contributed by atoms with Crippen LogP contribution in [0.5, 0.6) is 0 Å². The first-order valence-corrected chi connectivity index (χ1v) is 9.69. The number of aromatic nitrogens is 1. The average Bonchev–Trinajstić information content (AvgIpc) is 3.26. The Hall–Kier alpha value is -1.91. The lowest BCUT2D eigenvalue weighted by molar-refractivity contribution is -0.142. The van der Waals surface area contributed by atoms with Crippen LogP contribution in [0.2, 0.25) is 0 Å². The highest BCUT2D eigenvalue weighted by Crippen LogP contribution is 2.42. The van der Waals surface area contributed by atoms with Crippen molar-refractivity contribution < 1.29 is 31.4 Å². The zero-order chi connectivity index (χ0) is 21.7. The summed E-state index contributed by atoms with van der Waals surface area (Å²) >= 11 is 0. The Labute approximate surface area is 168 Å². The second-order valence-corrected chi connectivity index (χ2v) is 8.26. The third-order valence-electron chi connectivity index (χ3n) is 6.13. The molecule has 3 N–H and O–H groups in total. The minimum absolute atomic E-state index is 0.0608. The largest absolute Gasteiger partial charge is 0.433 e. The molecule has 0 radical (unpaired) electrons. The fourth-order valence-corrected chi connectivity index (χ4v) is 4.63. The van der Waals surface area contributed by atoms with Crippen LogP contribution >= 0.6 is 0 Å². The Balaban J connectivity index is 1.64. The summed E-state index contributed by atoms with van der Waals surface area (Å²) in [5, 5.41) is 16.9. The van der Waals surface area contributed by atoms with Gasteiger partial charge in [0.2, 0.25) is 0 Å². The average molecular weight is 433 g/mol. The van der Waals surface area contributed by atoms with Gasteiger partial charge in [-0.3, -0.25) is 0 Å². The standard InChI is InChI=1S/C20H21F6N3O/c21-19(22,23)14-3-1-2-12-13(6-16(20(24,25)26)29-17(12)14)15(30)8-27-9-18-5-4-11(7-18)28-10-18/h1-3,6,11,15,27-28,30H,4-5,7-10H2/t11-,15?,18+/m1/s1. The Morgan fingerprint density at radius 1 is 1.20 bits per heavy atom. The van der Waals surface area contributed by atoms with Gasteiger partial charge in [0.25, 0.3) is 0 Å². The van der Waals surface area contributed by atoms with E-state index < -0.39 is 35.2 Å². The molecule has 164 valence electrons. The number of hydrogen-bond donors (Lipinski definition) is 3. The molecule has 1 aliphatic carbocycles. The first-order valence-electron chi connectivity index (χ1n) is 9.69. The molecule has 3 atom stereocenters. The quantitative estimate of drug-likeness (QED) is 0.624. The molecule has 2 heterocycles. The van der Waals surface area contributed by atoms with Crippen LogP contribution in [-0.4, -0.2) is 35.8 Å². The lowest BCUT2D eigenvalue weighted by Gasteiger charge is -2.27. The Bertz CT molecular complexity index is 935. The maximum Gasteiger partial charge on any atom is 0.433 e. The van der Waals surface area contributed by atoms with Gasteiger partial charge in [-0.25, -0.2) is 4.98 Å². The minimum atomic E-state index is -4.94. The van der Waals surface area contributed by atoms with Crippen molar-refractivity contribution in [2.45, 2.75) is 43.8 Å². The molecule has 2 aliphatic rings. The molecule has 2 aromatic rings. The van der Waals surface area contributed by atoms with Gasteiger partial charge in [0, 0.05) is 31.1 Å². The third-order valence-corrected chi connectivity index (χ3v) is 6.13. The predicted octanol–water partition coefficient (Wildman–Crippen LogP) is 4.04. The zero-order valence-electron chi connectivity index (χ0n) is 15.9. The molecule has 4 nitrogen and oxygen atoms in total. The highest BCUT2D eigenvalue weighted by atomic mass is 19.4. The van der Waals surface area contributed by atoms with Crippen molar-refractivity contribution in [3.63, 3.8) is 0 Å². The molecule has 0 amide bonds. The van der Waals surface area contributed by atoms with E-state index in [0.717, 1.165) is 31.9 Å². The molecule has 2 fully saturated rings. The normalized spacial score (nSPS) is 25.2. The van der Waals surface area contributed by atoms with Crippen molar-refractivity contribution in [1.82, 2.24) is 15.6 Å². The van der Waals surface area contributed by atoms with Crippen LogP contribution < -0.4 is 10.6 Å². The number of benzene rings is 1. The summed E-state index contributed by atoms with van der Waals surface area (Å²) in [4.78, 5) is 3.24. The molecule has 2 bridgehead atoms. The third kappa shape index (κ3) is 4.00. The number of nitrogens with zero attached hydrogens (tertiary/aromatic N) is 1. The number of pyridine rings is 1. The van der Waals surface area contributed by atoms with Crippen LogP contribution in [0.1, 0.15) is 42.2 Å². The summed E-state index contributed by atoms with van der Waals surface area (Å²) < 4.78 is 79.9. The molecule has 1 saturated heterocycles. The summed E-state index contributed by atoms with van der Waals surface area (Å²) in [6.45, 7) is 1.35. The first-order chi connectivity index (χ1) is 14.0. The van der Waals surface area contributed by atoms with Crippen LogP contribution in [-0.2, 0) is 12.4 Å². The molecule has 1 unspecified atom stereocenters. The van der Waals surface area contributed by atoms with Crippen LogP contribution in [0.15, 0.2) is 24.3 Å². The van der Waals surface area contributed by atoms with Crippen LogP contribution in [0.4, 0.5) is 26.3 Å². The highest BCUT2D eigenvalue weighted by Gasteiger charge is 2.44. The van der Waals surface area contributed by atoms with Gasteiger partial charge in [0.15, 0.2) is 0 Å². The SMILES string of the molecule is OC(CNC[C@]12CC[C@H](C1)NC2)c1cc(C(F)(F)F)nc2c(C(F)(F)F)cccc12. The zero-order valence-corrected chi connectivity index (χ0v) is 15.9. The Kier molecular flexibility index (Phi) is 5.22. The smallest absolute Gasteiger partial charge is 0.387 e. The van der Waals surface area contributed by atoms with Crippen LogP contribution in [0.3, 0.4) is 0 Å². The van der Waals surface area contributed by atoms with Gasteiger partial charge in [-0.1, -0.05) is 12.1 Å². The van der Waals surface area contributed by atoms with Gasteiger partial charge in [-0.2, -0.15) is 26.3 Å². The van der Waals surface area contributed by atoms with E-state index in [1.807, 2.05) is 0 Å². The van der Waals surface area contributed by atoms with Crippen LogP contribution in [0, 0.1) is 5.41 Å². The molecular weight excluding hydrogens is 412 g/mol. The Morgan fingerprint density at radius 3 is 2.53 bits per heavy atom. The number of aliphatic hydroxyl groups is 1. The van der Waals surface area contributed by atoms with E-state index in [4.69, 9.17) is 0 Å². The van der Waals surface area contributed by atoms with Crippen LogP contribution in [0.25, 0.3) is 10.9 Å². The van der Waals surface area contributed by atoms with Crippen molar-refractivity contribution in [3.8, 4) is 0 Å². The summed E-state index contributed by atoms with van der Waals surface area (Å²) in [6.07, 6.45) is -8.13. The molecule has 4 rings (SSSR count). The van der Waals surface area contributed by atoms with E-state index in [0.29, 0.717) is 24.7 Å². The lowest BCUT2D eigenvalue weighted by atomic mass is 9.87. The number of aliphatic hydroxyl groups excluding tert-OH is 1. The van der Waals surface area contributed by atoms with E-state index in [9.17, 15) is 31.4 Å². The second-order valence-electron chi connectivity index (χ2n) is 8.26. The fourth-order valence-electron chi connectivity index (χ4n) is 4.63. The summed E-state index contributed by atoms with van der Waals surface area (Å²) in [7, 11) is 0. The monoisotopic (exact) mass is 433 g/mol. The number of para-hydroxylation sites is 1. The Morgan fingerprint density at radius 2 is 1.97 bits per heavy atom.